The van der Waals surface area contributed by atoms with Crippen LogP contribution in [0.1, 0.15) is 31.2 Å². The van der Waals surface area contributed by atoms with Gasteiger partial charge in [-0.05, 0) is 37.5 Å². The number of halogens is 3. The van der Waals surface area contributed by atoms with Gasteiger partial charge in [-0.2, -0.15) is 13.2 Å². The first kappa shape index (κ1) is 11.7. The Kier molecular flexibility index (Phi) is 2.64. The minimum atomic E-state index is -4.31. The summed E-state index contributed by atoms with van der Waals surface area (Å²) in [7, 11) is 0. The van der Waals surface area contributed by atoms with Crippen LogP contribution in [0.2, 0.25) is 0 Å². The minimum absolute atomic E-state index is 0.1000. The van der Waals surface area contributed by atoms with Crippen LogP contribution in [0.15, 0.2) is 18.2 Å². The van der Waals surface area contributed by atoms with Crippen LogP contribution < -0.4 is 10.1 Å². The summed E-state index contributed by atoms with van der Waals surface area (Å²) >= 11 is 0. The Labute approximate surface area is 103 Å². The second-order valence-corrected chi connectivity index (χ2v) is 4.90. The van der Waals surface area contributed by atoms with E-state index in [4.69, 9.17) is 4.74 Å². The predicted molar refractivity (Wildman–Crippen MR) is 61.7 cm³/mol. The van der Waals surface area contributed by atoms with Crippen molar-refractivity contribution in [3.05, 3.63) is 23.8 Å². The molecule has 5 heteroatoms. The maximum atomic E-state index is 12.6. The molecule has 0 spiro atoms. The first-order valence-electron chi connectivity index (χ1n) is 6.18. The van der Waals surface area contributed by atoms with Crippen LogP contribution in [0.3, 0.4) is 0 Å². The molecule has 18 heavy (non-hydrogen) atoms. The molecule has 2 nitrogen and oxygen atoms in total. The molecule has 0 amide bonds. The van der Waals surface area contributed by atoms with Crippen LogP contribution >= 0.6 is 0 Å². The van der Waals surface area contributed by atoms with Gasteiger partial charge in [0.15, 0.2) is 0 Å². The van der Waals surface area contributed by atoms with E-state index in [1.807, 2.05) is 0 Å². The van der Waals surface area contributed by atoms with Crippen molar-refractivity contribution in [3.63, 3.8) is 0 Å². The van der Waals surface area contributed by atoms with Gasteiger partial charge < -0.3 is 10.1 Å². The summed E-state index contributed by atoms with van der Waals surface area (Å²) in [5.74, 6) is 0.533. The van der Waals surface area contributed by atoms with Crippen molar-refractivity contribution in [1.29, 1.82) is 0 Å². The first-order valence-corrected chi connectivity index (χ1v) is 6.18. The van der Waals surface area contributed by atoms with Gasteiger partial charge in [0, 0.05) is 0 Å². The standard InChI is InChI=1S/C13H14F3NO/c14-13(15,16)8-5-6-12-10(7-8)17-9-3-1-2-4-11(9)18-12/h5-7,9,11,17H,1-4H2. The Hall–Kier alpha value is -1.39. The molecular weight excluding hydrogens is 243 g/mol. The van der Waals surface area contributed by atoms with Crippen molar-refractivity contribution in [2.24, 2.45) is 0 Å². The van der Waals surface area contributed by atoms with Crippen molar-refractivity contribution in [2.75, 3.05) is 5.32 Å². The van der Waals surface area contributed by atoms with Crippen molar-refractivity contribution in [2.45, 2.75) is 44.0 Å². The van der Waals surface area contributed by atoms with Gasteiger partial charge in [-0.1, -0.05) is 6.42 Å². The normalized spacial score (nSPS) is 26.6. The van der Waals surface area contributed by atoms with Crippen molar-refractivity contribution in [3.8, 4) is 5.75 Å². The lowest BCUT2D eigenvalue weighted by atomic mass is 9.91. The van der Waals surface area contributed by atoms with Crippen molar-refractivity contribution in [1.82, 2.24) is 0 Å². The lowest BCUT2D eigenvalue weighted by Gasteiger charge is -2.38. The molecule has 1 heterocycles. The van der Waals surface area contributed by atoms with Crippen LogP contribution in [0.4, 0.5) is 18.9 Å². The van der Waals surface area contributed by atoms with Crippen LogP contribution in [-0.4, -0.2) is 12.1 Å². The number of benzene rings is 1. The maximum Gasteiger partial charge on any atom is 0.416 e. The number of rotatable bonds is 0. The number of alkyl halides is 3. The molecule has 3 rings (SSSR count). The Morgan fingerprint density at radius 3 is 2.72 bits per heavy atom. The molecule has 1 saturated carbocycles. The van der Waals surface area contributed by atoms with E-state index >= 15 is 0 Å². The Balaban J connectivity index is 1.91. The summed E-state index contributed by atoms with van der Waals surface area (Å²) < 4.78 is 43.6. The Morgan fingerprint density at radius 2 is 1.94 bits per heavy atom. The quantitative estimate of drug-likeness (QED) is 0.762. The number of anilines is 1. The largest absolute Gasteiger partial charge is 0.486 e. The number of ether oxygens (including phenoxy) is 1. The molecule has 1 N–H and O–H groups in total. The van der Waals surface area contributed by atoms with Crippen molar-refractivity contribution < 1.29 is 17.9 Å². The van der Waals surface area contributed by atoms with E-state index in [0.29, 0.717) is 11.4 Å². The molecule has 1 aromatic rings. The number of hydrogen-bond acceptors (Lipinski definition) is 2. The van der Waals surface area contributed by atoms with Crippen LogP contribution in [0.5, 0.6) is 5.75 Å². The van der Waals surface area contributed by atoms with Crippen LogP contribution in [0, 0.1) is 0 Å². The summed E-state index contributed by atoms with van der Waals surface area (Å²) in [5.41, 5.74) is -0.167. The summed E-state index contributed by atoms with van der Waals surface area (Å²) in [6.07, 6.45) is -0.0496. The van der Waals surface area contributed by atoms with E-state index in [1.165, 1.54) is 6.07 Å². The molecule has 0 aromatic heterocycles. The zero-order valence-electron chi connectivity index (χ0n) is 9.76. The highest BCUT2D eigenvalue weighted by atomic mass is 19.4. The molecule has 2 atom stereocenters. The number of nitrogens with one attached hydrogen (secondary N) is 1. The molecular formula is C13H14F3NO. The third-order valence-corrected chi connectivity index (χ3v) is 3.63. The van der Waals surface area contributed by atoms with Gasteiger partial charge in [0.1, 0.15) is 11.9 Å². The monoisotopic (exact) mass is 257 g/mol. The number of hydrogen-bond donors (Lipinski definition) is 1. The van der Waals surface area contributed by atoms with Gasteiger partial charge in [-0.15, -0.1) is 0 Å². The SMILES string of the molecule is FC(F)(F)c1ccc2c(c1)NC1CCCCC1O2. The molecule has 0 saturated heterocycles. The van der Waals surface area contributed by atoms with E-state index in [0.717, 1.165) is 37.8 Å². The third-order valence-electron chi connectivity index (χ3n) is 3.63. The summed E-state index contributed by atoms with van der Waals surface area (Å²) in [6, 6.07) is 3.77. The van der Waals surface area contributed by atoms with Gasteiger partial charge in [-0.3, -0.25) is 0 Å². The molecule has 2 unspecified atom stereocenters. The molecule has 0 bridgehead atoms. The molecule has 2 aliphatic rings. The third kappa shape index (κ3) is 2.02. The van der Waals surface area contributed by atoms with Crippen molar-refractivity contribution >= 4 is 5.69 Å². The molecule has 0 radical (unpaired) electrons. The van der Waals surface area contributed by atoms with E-state index in [9.17, 15) is 13.2 Å². The molecule has 1 aliphatic heterocycles. The van der Waals surface area contributed by atoms with Gasteiger partial charge in [0.2, 0.25) is 0 Å². The summed E-state index contributed by atoms with van der Waals surface area (Å²) in [5, 5.41) is 3.19. The fourth-order valence-electron chi connectivity index (χ4n) is 2.69. The highest BCUT2D eigenvalue weighted by molar-refractivity contribution is 5.61. The topological polar surface area (TPSA) is 21.3 Å². The van der Waals surface area contributed by atoms with Crippen LogP contribution in [-0.2, 0) is 6.18 Å². The minimum Gasteiger partial charge on any atom is -0.486 e. The van der Waals surface area contributed by atoms with E-state index in [1.54, 1.807) is 0 Å². The summed E-state index contributed by atoms with van der Waals surface area (Å²) in [4.78, 5) is 0. The highest BCUT2D eigenvalue weighted by Crippen LogP contribution is 2.40. The number of fused-ring (bicyclic) bond motifs is 2. The molecule has 1 fully saturated rings. The molecule has 98 valence electrons. The smallest absolute Gasteiger partial charge is 0.416 e. The van der Waals surface area contributed by atoms with Crippen LogP contribution in [0.25, 0.3) is 0 Å². The molecule has 1 aliphatic carbocycles. The highest BCUT2D eigenvalue weighted by Gasteiger charge is 2.35. The van der Waals surface area contributed by atoms with E-state index in [2.05, 4.69) is 5.32 Å². The van der Waals surface area contributed by atoms with Gasteiger partial charge in [0.25, 0.3) is 0 Å². The second kappa shape index (κ2) is 4.07. The average molecular weight is 257 g/mol. The maximum absolute atomic E-state index is 12.6. The van der Waals surface area contributed by atoms with E-state index in [-0.39, 0.29) is 12.1 Å². The van der Waals surface area contributed by atoms with Gasteiger partial charge in [-0.25, -0.2) is 0 Å². The average Bonchev–Trinajstić information content (AvgIpc) is 2.34. The van der Waals surface area contributed by atoms with Gasteiger partial charge >= 0.3 is 6.18 Å². The fourth-order valence-corrected chi connectivity index (χ4v) is 2.69. The Morgan fingerprint density at radius 1 is 1.17 bits per heavy atom. The summed E-state index contributed by atoms with van der Waals surface area (Å²) in [6.45, 7) is 0. The second-order valence-electron chi connectivity index (χ2n) is 4.90. The Bertz CT molecular complexity index is 458. The zero-order valence-corrected chi connectivity index (χ0v) is 9.76. The fraction of sp³-hybridized carbons (Fsp3) is 0.538. The molecule has 1 aromatic carbocycles. The van der Waals surface area contributed by atoms with E-state index < -0.39 is 11.7 Å². The lowest BCUT2D eigenvalue weighted by Crippen LogP contribution is -2.43. The zero-order chi connectivity index (χ0) is 12.8. The first-order chi connectivity index (χ1) is 8.54. The predicted octanol–water partition coefficient (Wildman–Crippen LogP) is 3.82. The van der Waals surface area contributed by atoms with Gasteiger partial charge in [0.05, 0.1) is 17.3 Å². The lowest BCUT2D eigenvalue weighted by molar-refractivity contribution is -0.137.